The van der Waals surface area contributed by atoms with Gasteiger partial charge in [0.05, 0.1) is 19.6 Å². The summed E-state index contributed by atoms with van der Waals surface area (Å²) in [6.07, 6.45) is 6.35. The molecule has 0 spiro atoms. The molecule has 0 saturated heterocycles. The fourth-order valence-electron chi connectivity index (χ4n) is 2.37. The number of carbonyl (C=O) groups excluding carboxylic acids is 2. The number of carbonyl (C=O) groups is 2. The number of unbranched alkanes of at least 4 members (excludes halogenated alkanes) is 1. The predicted molar refractivity (Wildman–Crippen MR) is 104 cm³/mol. The second-order valence-electron chi connectivity index (χ2n) is 5.95. The first kappa shape index (κ1) is 21.7. The predicted octanol–water partition coefficient (Wildman–Crippen LogP) is 4.07. The molecular weight excluding hydrogens is 330 g/mol. The summed E-state index contributed by atoms with van der Waals surface area (Å²) in [6.45, 7) is 7.90. The van der Waals surface area contributed by atoms with Gasteiger partial charge in [-0.1, -0.05) is 38.5 Å². The molecule has 0 aliphatic heterocycles. The summed E-state index contributed by atoms with van der Waals surface area (Å²) in [6, 6.07) is 7.65. The van der Waals surface area contributed by atoms with E-state index in [0.29, 0.717) is 26.3 Å². The van der Waals surface area contributed by atoms with E-state index in [9.17, 15) is 9.59 Å². The lowest BCUT2D eigenvalue weighted by atomic mass is 10.2. The number of esters is 1. The normalized spacial score (nSPS) is 10.7. The van der Waals surface area contributed by atoms with E-state index in [0.717, 1.165) is 30.6 Å². The molecule has 0 unspecified atom stereocenters. The van der Waals surface area contributed by atoms with Crippen molar-refractivity contribution in [3.63, 3.8) is 0 Å². The Balaban J connectivity index is 2.75. The lowest BCUT2D eigenvalue weighted by Crippen LogP contribution is -2.32. The quantitative estimate of drug-likeness (QED) is 0.416. The first-order valence-corrected chi connectivity index (χ1v) is 9.46. The molecule has 1 rings (SSSR count). The van der Waals surface area contributed by atoms with Crippen LogP contribution in [-0.2, 0) is 14.3 Å². The molecule has 0 saturated carbocycles. The minimum atomic E-state index is -0.274. The standard InChI is InChI=1S/C21H31NO4/c1-4-7-15-22(16-14-21(24)25-6-3)20(23)13-12-18-10-8-9-11-19(18)26-17-5-2/h8-13H,4-7,14-17H2,1-3H3/b13-12+. The van der Waals surface area contributed by atoms with Gasteiger partial charge >= 0.3 is 5.97 Å². The number of rotatable bonds is 12. The molecule has 1 aromatic rings. The van der Waals surface area contributed by atoms with E-state index in [4.69, 9.17) is 9.47 Å². The molecule has 0 atom stereocenters. The number of hydrogen-bond acceptors (Lipinski definition) is 4. The third-order valence-corrected chi connectivity index (χ3v) is 3.77. The van der Waals surface area contributed by atoms with Crippen LogP contribution < -0.4 is 4.74 Å². The number of nitrogens with zero attached hydrogens (tertiary/aromatic N) is 1. The van der Waals surface area contributed by atoms with Crippen molar-refractivity contribution >= 4 is 18.0 Å². The van der Waals surface area contributed by atoms with E-state index in [2.05, 4.69) is 13.8 Å². The van der Waals surface area contributed by atoms with Crippen LogP contribution in [0.25, 0.3) is 6.08 Å². The fraction of sp³-hybridized carbons (Fsp3) is 0.524. The Morgan fingerprint density at radius 1 is 1.08 bits per heavy atom. The zero-order valence-electron chi connectivity index (χ0n) is 16.2. The van der Waals surface area contributed by atoms with Gasteiger partial charge in [-0.3, -0.25) is 9.59 Å². The van der Waals surface area contributed by atoms with Gasteiger partial charge in [-0.15, -0.1) is 0 Å². The van der Waals surface area contributed by atoms with E-state index in [1.807, 2.05) is 24.3 Å². The van der Waals surface area contributed by atoms with Crippen molar-refractivity contribution in [1.29, 1.82) is 0 Å². The Hall–Kier alpha value is -2.30. The van der Waals surface area contributed by atoms with E-state index in [-0.39, 0.29) is 18.3 Å². The van der Waals surface area contributed by atoms with Crippen LogP contribution in [0.1, 0.15) is 52.0 Å². The molecule has 5 nitrogen and oxygen atoms in total. The molecule has 0 heterocycles. The topological polar surface area (TPSA) is 55.8 Å². The van der Waals surface area contributed by atoms with Gasteiger partial charge in [0.1, 0.15) is 5.75 Å². The smallest absolute Gasteiger partial charge is 0.307 e. The van der Waals surface area contributed by atoms with Crippen LogP contribution >= 0.6 is 0 Å². The second-order valence-corrected chi connectivity index (χ2v) is 5.95. The summed E-state index contributed by atoms with van der Waals surface area (Å²) < 4.78 is 10.7. The van der Waals surface area contributed by atoms with Crippen LogP contribution in [-0.4, -0.2) is 43.1 Å². The van der Waals surface area contributed by atoms with Gasteiger partial charge in [-0.2, -0.15) is 0 Å². The molecule has 0 aromatic heterocycles. The van der Waals surface area contributed by atoms with Gasteiger partial charge in [-0.25, -0.2) is 0 Å². The summed E-state index contributed by atoms with van der Waals surface area (Å²) in [5.41, 5.74) is 0.870. The molecule has 0 aliphatic rings. The fourth-order valence-corrected chi connectivity index (χ4v) is 2.37. The number of hydrogen-bond donors (Lipinski definition) is 0. The van der Waals surface area contributed by atoms with Gasteiger partial charge < -0.3 is 14.4 Å². The molecule has 0 bridgehead atoms. The van der Waals surface area contributed by atoms with Crippen LogP contribution in [0.4, 0.5) is 0 Å². The minimum absolute atomic E-state index is 0.104. The van der Waals surface area contributed by atoms with Gasteiger partial charge in [0.15, 0.2) is 0 Å². The number of amides is 1. The lowest BCUT2D eigenvalue weighted by molar-refractivity contribution is -0.143. The summed E-state index contributed by atoms with van der Waals surface area (Å²) in [5, 5.41) is 0. The highest BCUT2D eigenvalue weighted by molar-refractivity contribution is 5.92. The SMILES string of the molecule is CCCCN(CCC(=O)OCC)C(=O)/C=C/c1ccccc1OCCC. The first-order chi connectivity index (χ1) is 12.6. The molecule has 0 radical (unpaired) electrons. The molecule has 0 aliphatic carbocycles. The third kappa shape index (κ3) is 8.19. The van der Waals surface area contributed by atoms with E-state index >= 15 is 0 Å². The third-order valence-electron chi connectivity index (χ3n) is 3.77. The van der Waals surface area contributed by atoms with Gasteiger partial charge in [0.2, 0.25) is 5.91 Å². The van der Waals surface area contributed by atoms with E-state index in [1.165, 1.54) is 0 Å². The second kappa shape index (κ2) is 13.0. The maximum atomic E-state index is 12.6. The van der Waals surface area contributed by atoms with Crippen molar-refractivity contribution in [1.82, 2.24) is 4.90 Å². The largest absolute Gasteiger partial charge is 0.493 e. The van der Waals surface area contributed by atoms with Crippen LogP contribution in [0.3, 0.4) is 0 Å². The van der Waals surface area contributed by atoms with Gasteiger partial charge in [0.25, 0.3) is 0 Å². The van der Waals surface area contributed by atoms with Crippen molar-refractivity contribution < 1.29 is 19.1 Å². The van der Waals surface area contributed by atoms with Crippen LogP contribution in [0.5, 0.6) is 5.75 Å². The van der Waals surface area contributed by atoms with Crippen molar-refractivity contribution in [2.75, 3.05) is 26.3 Å². The van der Waals surface area contributed by atoms with Crippen LogP contribution in [0.2, 0.25) is 0 Å². The van der Waals surface area contributed by atoms with Crippen LogP contribution in [0, 0.1) is 0 Å². The maximum absolute atomic E-state index is 12.6. The Labute approximate surface area is 157 Å². The minimum Gasteiger partial charge on any atom is -0.493 e. The highest BCUT2D eigenvalue weighted by atomic mass is 16.5. The Morgan fingerprint density at radius 3 is 2.54 bits per heavy atom. The summed E-state index contributed by atoms with van der Waals surface area (Å²) >= 11 is 0. The summed E-state index contributed by atoms with van der Waals surface area (Å²) in [7, 11) is 0. The number of para-hydroxylation sites is 1. The Bertz CT molecular complexity index is 583. The average molecular weight is 361 g/mol. The molecule has 5 heteroatoms. The number of ether oxygens (including phenoxy) is 2. The highest BCUT2D eigenvalue weighted by Crippen LogP contribution is 2.19. The molecule has 26 heavy (non-hydrogen) atoms. The molecular formula is C21H31NO4. The van der Waals surface area contributed by atoms with Crippen molar-refractivity contribution in [3.8, 4) is 5.75 Å². The monoisotopic (exact) mass is 361 g/mol. The first-order valence-electron chi connectivity index (χ1n) is 9.46. The van der Waals surface area contributed by atoms with Gasteiger partial charge in [0, 0.05) is 24.7 Å². The Morgan fingerprint density at radius 2 is 1.85 bits per heavy atom. The highest BCUT2D eigenvalue weighted by Gasteiger charge is 2.13. The van der Waals surface area contributed by atoms with E-state index < -0.39 is 0 Å². The van der Waals surface area contributed by atoms with Crippen molar-refractivity contribution in [3.05, 3.63) is 35.9 Å². The number of benzene rings is 1. The average Bonchev–Trinajstić information content (AvgIpc) is 2.65. The van der Waals surface area contributed by atoms with Crippen molar-refractivity contribution in [2.45, 2.75) is 46.5 Å². The maximum Gasteiger partial charge on any atom is 0.307 e. The molecule has 144 valence electrons. The molecule has 1 aromatic carbocycles. The molecule has 0 N–H and O–H groups in total. The summed E-state index contributed by atoms with van der Waals surface area (Å²) in [4.78, 5) is 25.8. The van der Waals surface area contributed by atoms with Gasteiger partial charge in [-0.05, 0) is 31.9 Å². The van der Waals surface area contributed by atoms with Crippen molar-refractivity contribution in [2.24, 2.45) is 0 Å². The zero-order valence-corrected chi connectivity index (χ0v) is 16.2. The lowest BCUT2D eigenvalue weighted by Gasteiger charge is -2.20. The zero-order chi connectivity index (χ0) is 19.2. The van der Waals surface area contributed by atoms with Crippen LogP contribution in [0.15, 0.2) is 30.3 Å². The Kier molecular flexibility index (Phi) is 10.9. The summed E-state index contributed by atoms with van der Waals surface area (Å²) in [5.74, 6) is 0.391. The van der Waals surface area contributed by atoms with E-state index in [1.54, 1.807) is 24.0 Å². The molecule has 0 fully saturated rings. The molecule has 1 amide bonds.